The Morgan fingerprint density at radius 2 is 1.77 bits per heavy atom. The first-order valence-corrected chi connectivity index (χ1v) is 9.34. The lowest BCUT2D eigenvalue weighted by Crippen LogP contribution is -2.02. The number of halogens is 3. The van der Waals surface area contributed by atoms with Gasteiger partial charge in [-0.05, 0) is 75.9 Å². The Hall–Kier alpha value is -2.04. The summed E-state index contributed by atoms with van der Waals surface area (Å²) in [5.74, 6) is 0.499. The van der Waals surface area contributed by atoms with Crippen LogP contribution in [-0.4, -0.2) is 0 Å². The first-order chi connectivity index (χ1) is 12.5. The summed E-state index contributed by atoms with van der Waals surface area (Å²) in [4.78, 5) is 0. The van der Waals surface area contributed by atoms with Gasteiger partial charge < -0.3 is 10.1 Å². The molecule has 2 nitrogen and oxygen atoms in total. The van der Waals surface area contributed by atoms with Crippen molar-refractivity contribution >= 4 is 33.2 Å². The van der Waals surface area contributed by atoms with Crippen LogP contribution in [0.2, 0.25) is 5.02 Å². The Morgan fingerprint density at radius 3 is 2.50 bits per heavy atom. The normalized spacial score (nSPS) is 10.6. The van der Waals surface area contributed by atoms with Crippen molar-refractivity contribution in [1.29, 1.82) is 0 Å². The highest BCUT2D eigenvalue weighted by molar-refractivity contribution is 9.10. The molecule has 0 amide bonds. The van der Waals surface area contributed by atoms with Gasteiger partial charge in [-0.2, -0.15) is 0 Å². The quantitative estimate of drug-likeness (QED) is 0.464. The molecule has 0 spiro atoms. The summed E-state index contributed by atoms with van der Waals surface area (Å²) < 4.78 is 19.6. The molecule has 3 aromatic rings. The summed E-state index contributed by atoms with van der Waals surface area (Å²) >= 11 is 9.70. The molecule has 0 aliphatic rings. The third-order valence-electron chi connectivity index (χ3n) is 4.05. The Kier molecular flexibility index (Phi) is 6.17. The van der Waals surface area contributed by atoms with Crippen molar-refractivity contribution in [2.75, 3.05) is 5.32 Å². The molecule has 0 saturated heterocycles. The fraction of sp³-hybridized carbons (Fsp3) is 0.143. The molecule has 1 N–H and O–H groups in total. The molecule has 0 aromatic heterocycles. The van der Waals surface area contributed by atoms with E-state index in [9.17, 15) is 4.39 Å². The molecule has 0 radical (unpaired) electrons. The average molecular weight is 435 g/mol. The third-order valence-corrected chi connectivity index (χ3v) is 5.08. The number of hydrogen-bond acceptors (Lipinski definition) is 2. The molecular weight excluding hydrogens is 417 g/mol. The van der Waals surface area contributed by atoms with Gasteiger partial charge >= 0.3 is 0 Å². The zero-order chi connectivity index (χ0) is 18.5. The van der Waals surface area contributed by atoms with Gasteiger partial charge in [-0.3, -0.25) is 0 Å². The van der Waals surface area contributed by atoms with Crippen LogP contribution in [0.4, 0.5) is 10.1 Å². The summed E-state index contributed by atoms with van der Waals surface area (Å²) in [5.41, 5.74) is 4.09. The second kappa shape index (κ2) is 8.56. The highest BCUT2D eigenvalue weighted by Crippen LogP contribution is 2.28. The van der Waals surface area contributed by atoms with E-state index >= 15 is 0 Å². The van der Waals surface area contributed by atoms with Crippen LogP contribution < -0.4 is 10.1 Å². The number of rotatable bonds is 6. The minimum Gasteiger partial charge on any atom is -0.488 e. The molecule has 3 rings (SSSR count). The molecule has 26 heavy (non-hydrogen) atoms. The SMILES string of the molecule is Cc1c(Cl)cccc1NCc1ccc(OCc2ccc(F)cc2)c(Br)c1. The summed E-state index contributed by atoms with van der Waals surface area (Å²) in [6.07, 6.45) is 0. The van der Waals surface area contributed by atoms with E-state index in [4.69, 9.17) is 16.3 Å². The van der Waals surface area contributed by atoms with Crippen LogP contribution in [0.15, 0.2) is 65.1 Å². The van der Waals surface area contributed by atoms with E-state index < -0.39 is 0 Å². The Morgan fingerprint density at radius 1 is 1.04 bits per heavy atom. The average Bonchev–Trinajstić information content (AvgIpc) is 2.63. The molecule has 134 valence electrons. The van der Waals surface area contributed by atoms with Crippen LogP contribution in [0, 0.1) is 12.7 Å². The highest BCUT2D eigenvalue weighted by atomic mass is 79.9. The summed E-state index contributed by atoms with van der Waals surface area (Å²) in [5, 5.41) is 4.15. The fourth-order valence-corrected chi connectivity index (χ4v) is 3.22. The molecule has 0 aliphatic heterocycles. The van der Waals surface area contributed by atoms with Gasteiger partial charge in [0, 0.05) is 17.3 Å². The predicted octanol–water partition coefficient (Wildman–Crippen LogP) is 6.74. The standard InChI is InChI=1S/C21H18BrClFNO/c1-14-19(23)3-2-4-20(14)25-12-16-7-10-21(18(22)11-16)26-13-15-5-8-17(24)9-6-15/h2-11,25H,12-13H2,1H3. The number of ether oxygens (including phenoxy) is 1. The van der Waals surface area contributed by atoms with E-state index in [-0.39, 0.29) is 5.82 Å². The van der Waals surface area contributed by atoms with Crippen LogP contribution in [0.1, 0.15) is 16.7 Å². The zero-order valence-electron chi connectivity index (χ0n) is 14.2. The number of benzene rings is 3. The van der Waals surface area contributed by atoms with Crippen LogP contribution in [0.3, 0.4) is 0 Å². The van der Waals surface area contributed by atoms with Gasteiger partial charge in [-0.1, -0.05) is 35.9 Å². The molecule has 0 unspecified atom stereocenters. The minimum absolute atomic E-state index is 0.248. The van der Waals surface area contributed by atoms with Crippen molar-refractivity contribution in [3.8, 4) is 5.75 Å². The first-order valence-electron chi connectivity index (χ1n) is 8.17. The largest absolute Gasteiger partial charge is 0.488 e. The number of anilines is 1. The van der Waals surface area contributed by atoms with Crippen molar-refractivity contribution < 1.29 is 9.13 Å². The molecule has 0 aliphatic carbocycles. The van der Waals surface area contributed by atoms with Crippen LogP contribution in [-0.2, 0) is 13.2 Å². The van der Waals surface area contributed by atoms with E-state index in [1.54, 1.807) is 12.1 Å². The van der Waals surface area contributed by atoms with Gasteiger partial charge in [0.25, 0.3) is 0 Å². The number of nitrogens with one attached hydrogen (secondary N) is 1. The molecule has 5 heteroatoms. The molecule has 0 bridgehead atoms. The van der Waals surface area contributed by atoms with E-state index in [1.165, 1.54) is 12.1 Å². The second-order valence-corrected chi connectivity index (χ2v) is 7.21. The molecule has 3 aromatic carbocycles. The van der Waals surface area contributed by atoms with Gasteiger partial charge in [-0.15, -0.1) is 0 Å². The highest BCUT2D eigenvalue weighted by Gasteiger charge is 2.06. The van der Waals surface area contributed by atoms with E-state index in [1.807, 2.05) is 43.3 Å². The van der Waals surface area contributed by atoms with Gasteiger partial charge in [0.15, 0.2) is 0 Å². The number of hydrogen-bond donors (Lipinski definition) is 1. The molecule has 0 atom stereocenters. The predicted molar refractivity (Wildman–Crippen MR) is 108 cm³/mol. The maximum absolute atomic E-state index is 12.9. The zero-order valence-corrected chi connectivity index (χ0v) is 16.6. The molecule has 0 saturated carbocycles. The lowest BCUT2D eigenvalue weighted by molar-refractivity contribution is 0.304. The Balaban J connectivity index is 1.61. The maximum Gasteiger partial charge on any atom is 0.134 e. The lowest BCUT2D eigenvalue weighted by atomic mass is 10.1. The monoisotopic (exact) mass is 433 g/mol. The van der Waals surface area contributed by atoms with Crippen molar-refractivity contribution in [2.45, 2.75) is 20.1 Å². The van der Waals surface area contributed by atoms with Gasteiger partial charge in [0.05, 0.1) is 4.47 Å². The van der Waals surface area contributed by atoms with Gasteiger partial charge in [-0.25, -0.2) is 4.39 Å². The van der Waals surface area contributed by atoms with E-state index in [2.05, 4.69) is 21.2 Å². The Labute approximate surface area is 166 Å². The fourth-order valence-electron chi connectivity index (χ4n) is 2.51. The third kappa shape index (κ3) is 4.77. The maximum atomic E-state index is 12.9. The smallest absolute Gasteiger partial charge is 0.134 e. The second-order valence-electron chi connectivity index (χ2n) is 5.95. The molecule has 0 fully saturated rings. The Bertz CT molecular complexity index is 899. The van der Waals surface area contributed by atoms with Crippen molar-refractivity contribution in [1.82, 2.24) is 0 Å². The molecular formula is C21H18BrClFNO. The van der Waals surface area contributed by atoms with Gasteiger partial charge in [0.1, 0.15) is 18.2 Å². The van der Waals surface area contributed by atoms with Crippen molar-refractivity contribution in [2.24, 2.45) is 0 Å². The topological polar surface area (TPSA) is 21.3 Å². The van der Waals surface area contributed by atoms with E-state index in [0.29, 0.717) is 13.2 Å². The summed E-state index contributed by atoms with van der Waals surface area (Å²) in [6.45, 7) is 3.06. The van der Waals surface area contributed by atoms with E-state index in [0.717, 1.165) is 37.6 Å². The first kappa shape index (κ1) is 18.7. The van der Waals surface area contributed by atoms with Crippen molar-refractivity contribution in [3.05, 3.63) is 92.7 Å². The van der Waals surface area contributed by atoms with Crippen LogP contribution in [0.5, 0.6) is 5.75 Å². The van der Waals surface area contributed by atoms with Crippen molar-refractivity contribution in [3.63, 3.8) is 0 Å². The summed E-state index contributed by atoms with van der Waals surface area (Å²) in [7, 11) is 0. The van der Waals surface area contributed by atoms with Crippen LogP contribution >= 0.6 is 27.5 Å². The van der Waals surface area contributed by atoms with Gasteiger partial charge in [0.2, 0.25) is 0 Å². The lowest BCUT2D eigenvalue weighted by Gasteiger charge is -2.13. The minimum atomic E-state index is -0.248. The van der Waals surface area contributed by atoms with Crippen LogP contribution in [0.25, 0.3) is 0 Å². The molecule has 0 heterocycles. The summed E-state index contributed by atoms with van der Waals surface area (Å²) in [6, 6.07) is 18.1.